The predicted octanol–water partition coefficient (Wildman–Crippen LogP) is -0.694. The Morgan fingerprint density at radius 1 is 1.05 bits per heavy atom. The molecule has 0 saturated carbocycles. The third-order valence-electron chi connectivity index (χ3n) is 2.93. The second kappa shape index (κ2) is 7.42. The molecule has 1 saturated heterocycles. The van der Waals surface area contributed by atoms with E-state index in [4.69, 9.17) is 5.11 Å². The molecule has 2 rings (SSSR count). The number of benzene rings is 1. The summed E-state index contributed by atoms with van der Waals surface area (Å²) < 4.78 is 0. The molecule has 0 unspecified atom stereocenters. The molecule has 1 radical (unpaired) electrons. The van der Waals surface area contributed by atoms with Gasteiger partial charge in [0, 0.05) is 36.0 Å². The van der Waals surface area contributed by atoms with Gasteiger partial charge in [-0.25, -0.2) is 0 Å². The molecule has 3 N–H and O–H groups in total. The normalized spacial score (nSPS) is 21.4. The Morgan fingerprint density at radius 2 is 1.60 bits per heavy atom. The minimum absolute atomic E-state index is 0. The Hall–Kier alpha value is -1.37. The van der Waals surface area contributed by atoms with Crippen molar-refractivity contribution < 1.29 is 19.5 Å². The fourth-order valence-corrected chi connectivity index (χ4v) is 1.99. The number of nitrogens with one attached hydrogen (secondary N) is 2. The van der Waals surface area contributed by atoms with Crippen LogP contribution < -0.4 is 10.6 Å². The van der Waals surface area contributed by atoms with Crippen LogP contribution in [0.3, 0.4) is 0 Å². The molecule has 2 amide bonds. The van der Waals surface area contributed by atoms with Gasteiger partial charge in [-0.2, -0.15) is 0 Å². The maximum absolute atomic E-state index is 11.8. The van der Waals surface area contributed by atoms with E-state index < -0.39 is 30.4 Å². The van der Waals surface area contributed by atoms with Gasteiger partial charge in [-0.15, -0.1) is 0 Å². The fraction of sp³-hybridized carbons (Fsp3) is 0.308. The minimum atomic E-state index is -1.12. The maximum atomic E-state index is 11.8. The molecular formula is C13H14N2NaO4. The molecule has 7 heteroatoms. The van der Waals surface area contributed by atoms with Crippen LogP contribution in [0.25, 0.3) is 0 Å². The average molecular weight is 285 g/mol. The Balaban J connectivity index is 0.00000200. The molecule has 101 valence electrons. The Morgan fingerprint density at radius 3 is 2.20 bits per heavy atom. The Bertz CT molecular complexity index is 506. The smallest absolute Gasteiger partial charge is 0.305 e. The van der Waals surface area contributed by atoms with Gasteiger partial charge < -0.3 is 15.7 Å². The summed E-state index contributed by atoms with van der Waals surface area (Å²) in [5.41, 5.74) is 0.930. The van der Waals surface area contributed by atoms with Crippen molar-refractivity contribution in [3.63, 3.8) is 0 Å². The summed E-state index contributed by atoms with van der Waals surface area (Å²) in [6.07, 6.45) is -0.0200. The summed E-state index contributed by atoms with van der Waals surface area (Å²) >= 11 is 0. The Kier molecular flexibility index (Phi) is 6.19. The first kappa shape index (κ1) is 16.7. The van der Waals surface area contributed by atoms with Gasteiger partial charge in [0.15, 0.2) is 0 Å². The quantitative estimate of drug-likeness (QED) is 0.638. The second-order valence-electron chi connectivity index (χ2n) is 4.41. The zero-order valence-corrected chi connectivity index (χ0v) is 13.1. The standard InChI is InChI=1S/C13H14N2O4.Na/c16-11(17)7-10-13(19)14-9(12(18)15-10)6-8-4-2-1-3-5-8;/h1-5,9-10H,6-7H2,(H,14,19)(H,15,18)(H,16,17);/t9-,10-;/m0./s1. The summed E-state index contributed by atoms with van der Waals surface area (Å²) in [5.74, 6) is -1.93. The van der Waals surface area contributed by atoms with Crippen LogP contribution in [0.1, 0.15) is 12.0 Å². The largest absolute Gasteiger partial charge is 0.481 e. The predicted molar refractivity (Wildman–Crippen MR) is 72.0 cm³/mol. The fourth-order valence-electron chi connectivity index (χ4n) is 1.99. The summed E-state index contributed by atoms with van der Waals surface area (Å²) in [4.78, 5) is 34.1. The van der Waals surface area contributed by atoms with E-state index in [1.165, 1.54) is 0 Å². The first-order valence-corrected chi connectivity index (χ1v) is 5.92. The van der Waals surface area contributed by atoms with E-state index in [0.717, 1.165) is 5.56 Å². The molecule has 1 aliphatic heterocycles. The van der Waals surface area contributed by atoms with Crippen molar-refractivity contribution in [3.05, 3.63) is 35.9 Å². The third-order valence-corrected chi connectivity index (χ3v) is 2.93. The molecule has 1 fully saturated rings. The number of carbonyl (C=O) groups excluding carboxylic acids is 2. The number of hydrogen-bond acceptors (Lipinski definition) is 3. The molecule has 0 aromatic heterocycles. The SMILES string of the molecule is O=C(O)C[C@@H]1NC(=O)[C@H](Cc2ccccc2)NC1=O.[Na]. The summed E-state index contributed by atoms with van der Waals surface area (Å²) in [7, 11) is 0. The van der Waals surface area contributed by atoms with Crippen molar-refractivity contribution in [1.29, 1.82) is 0 Å². The van der Waals surface area contributed by atoms with E-state index in [9.17, 15) is 14.4 Å². The van der Waals surface area contributed by atoms with E-state index in [1.807, 2.05) is 30.3 Å². The third kappa shape index (κ3) is 4.33. The number of carbonyl (C=O) groups is 3. The summed E-state index contributed by atoms with van der Waals surface area (Å²) in [6, 6.07) is 7.66. The zero-order chi connectivity index (χ0) is 13.8. The van der Waals surface area contributed by atoms with Crippen LogP contribution in [-0.2, 0) is 20.8 Å². The minimum Gasteiger partial charge on any atom is -0.481 e. The molecule has 1 aromatic carbocycles. The number of aliphatic carboxylic acids is 1. The van der Waals surface area contributed by atoms with Crippen LogP contribution in [0.4, 0.5) is 0 Å². The molecule has 0 bridgehead atoms. The number of hydrogen-bond donors (Lipinski definition) is 3. The van der Waals surface area contributed by atoms with Gasteiger partial charge in [0.1, 0.15) is 12.1 Å². The van der Waals surface area contributed by atoms with Crippen LogP contribution in [0, 0.1) is 0 Å². The van der Waals surface area contributed by atoms with Gasteiger partial charge in [0.25, 0.3) is 0 Å². The molecule has 2 atom stereocenters. The monoisotopic (exact) mass is 285 g/mol. The van der Waals surface area contributed by atoms with E-state index in [2.05, 4.69) is 10.6 Å². The van der Waals surface area contributed by atoms with E-state index in [1.54, 1.807) is 0 Å². The van der Waals surface area contributed by atoms with Crippen molar-refractivity contribution in [3.8, 4) is 0 Å². The van der Waals surface area contributed by atoms with E-state index >= 15 is 0 Å². The number of piperazine rings is 1. The Labute approximate surface area is 138 Å². The van der Waals surface area contributed by atoms with Gasteiger partial charge >= 0.3 is 5.97 Å². The van der Waals surface area contributed by atoms with Gasteiger partial charge in [0.05, 0.1) is 6.42 Å². The molecule has 1 aliphatic rings. The number of carboxylic acid groups (broad SMARTS) is 1. The topological polar surface area (TPSA) is 95.5 Å². The summed E-state index contributed by atoms with van der Waals surface area (Å²) in [6.45, 7) is 0. The van der Waals surface area contributed by atoms with Crippen molar-refractivity contribution in [1.82, 2.24) is 10.6 Å². The van der Waals surface area contributed by atoms with Gasteiger partial charge in [0.2, 0.25) is 11.8 Å². The van der Waals surface area contributed by atoms with Gasteiger partial charge in [-0.3, -0.25) is 14.4 Å². The average Bonchev–Trinajstić information content (AvgIpc) is 2.36. The maximum Gasteiger partial charge on any atom is 0.305 e. The molecule has 1 heterocycles. The molecule has 0 spiro atoms. The molecular weight excluding hydrogens is 271 g/mol. The van der Waals surface area contributed by atoms with Crippen molar-refractivity contribution >= 4 is 47.3 Å². The van der Waals surface area contributed by atoms with Crippen LogP contribution in [0.2, 0.25) is 0 Å². The number of amides is 2. The molecule has 6 nitrogen and oxygen atoms in total. The van der Waals surface area contributed by atoms with Crippen LogP contribution >= 0.6 is 0 Å². The van der Waals surface area contributed by atoms with Crippen LogP contribution in [0.5, 0.6) is 0 Å². The van der Waals surface area contributed by atoms with Gasteiger partial charge in [-0.05, 0) is 5.56 Å². The second-order valence-corrected chi connectivity index (χ2v) is 4.41. The number of rotatable bonds is 4. The van der Waals surface area contributed by atoms with Crippen molar-refractivity contribution in [2.45, 2.75) is 24.9 Å². The number of carboxylic acids is 1. The summed E-state index contributed by atoms with van der Waals surface area (Å²) in [5, 5.41) is 13.6. The molecule has 20 heavy (non-hydrogen) atoms. The van der Waals surface area contributed by atoms with Crippen molar-refractivity contribution in [2.24, 2.45) is 0 Å². The first-order valence-electron chi connectivity index (χ1n) is 5.92. The van der Waals surface area contributed by atoms with E-state index in [-0.39, 0.29) is 35.5 Å². The van der Waals surface area contributed by atoms with Crippen LogP contribution in [-0.4, -0.2) is 64.5 Å². The van der Waals surface area contributed by atoms with Crippen molar-refractivity contribution in [2.75, 3.05) is 0 Å². The van der Waals surface area contributed by atoms with E-state index in [0.29, 0.717) is 6.42 Å². The van der Waals surface area contributed by atoms with Gasteiger partial charge in [-0.1, -0.05) is 30.3 Å². The molecule has 0 aliphatic carbocycles. The zero-order valence-electron chi connectivity index (χ0n) is 11.1. The first-order chi connectivity index (χ1) is 9.06. The van der Waals surface area contributed by atoms with Crippen LogP contribution in [0.15, 0.2) is 30.3 Å². The molecule has 1 aromatic rings.